The van der Waals surface area contributed by atoms with Gasteiger partial charge in [-0.25, -0.2) is 15.0 Å². The van der Waals surface area contributed by atoms with Crippen LogP contribution < -0.4 is 0 Å². The second-order valence-corrected chi connectivity index (χ2v) is 19.7. The molecule has 13 aromatic rings. The smallest absolute Gasteiger partial charge is 0.309 e. The molecule has 0 saturated heterocycles. The number of fused-ring (bicyclic) bond motifs is 6. The molecule has 0 radical (unpaired) electrons. The van der Waals surface area contributed by atoms with Gasteiger partial charge in [0.2, 0.25) is 0 Å². The third-order valence-electron chi connectivity index (χ3n) is 15.0. The van der Waals surface area contributed by atoms with Crippen molar-refractivity contribution in [3.05, 3.63) is 245 Å². The first kappa shape index (κ1) is 51.0. The lowest BCUT2D eigenvalue weighted by Gasteiger charge is -2.21. The van der Waals surface area contributed by atoms with Crippen molar-refractivity contribution in [2.45, 2.75) is 6.18 Å². The van der Waals surface area contributed by atoms with E-state index in [1.807, 2.05) is 155 Å². The normalized spacial score (nSPS) is 11.2. The van der Waals surface area contributed by atoms with Gasteiger partial charge in [0, 0.05) is 60.6 Å². The van der Waals surface area contributed by atoms with Crippen LogP contribution in [-0.2, 0) is 6.18 Å². The molecule has 3 heterocycles. The van der Waals surface area contributed by atoms with Crippen molar-refractivity contribution < 1.29 is 13.2 Å². The molecule has 0 aliphatic carbocycles. The summed E-state index contributed by atoms with van der Waals surface area (Å²) in [5, 5.41) is 63.4. The Bertz CT molecular complexity index is 5080. The Kier molecular flexibility index (Phi) is 12.3. The van der Waals surface area contributed by atoms with E-state index in [9.17, 15) is 31.6 Å². The van der Waals surface area contributed by atoms with Gasteiger partial charge in [-0.15, -0.1) is 0 Å². The summed E-state index contributed by atoms with van der Waals surface area (Å²) >= 11 is 0. The van der Waals surface area contributed by atoms with Crippen molar-refractivity contribution in [1.29, 1.82) is 31.6 Å². The molecule has 14 heteroatoms. The summed E-state index contributed by atoms with van der Waals surface area (Å²) in [7, 11) is 0. The zero-order valence-corrected chi connectivity index (χ0v) is 43.7. The highest BCUT2D eigenvalue weighted by Gasteiger charge is 2.35. The Balaban J connectivity index is 1.09. The first-order chi connectivity index (χ1) is 41.0. The van der Waals surface area contributed by atoms with Gasteiger partial charge < -0.3 is 9.13 Å². The minimum atomic E-state index is -4.89. The quantitative estimate of drug-likeness (QED) is 0.142. The predicted molar refractivity (Wildman–Crippen MR) is 314 cm³/mol. The van der Waals surface area contributed by atoms with Gasteiger partial charge in [0.15, 0.2) is 17.5 Å². The number of benzene rings is 10. The topological polar surface area (TPSA) is 191 Å². The largest absolute Gasteiger partial charge is 0.417 e. The highest BCUT2D eigenvalue weighted by atomic mass is 19.4. The maximum Gasteiger partial charge on any atom is 0.417 e. The van der Waals surface area contributed by atoms with E-state index in [0.717, 1.165) is 16.8 Å². The fraction of sp³-hybridized carbons (Fsp3) is 0.0143. The second kappa shape index (κ2) is 20.3. The summed E-state index contributed by atoms with van der Waals surface area (Å²) in [6, 6.07) is 72.2. The van der Waals surface area contributed by atoms with Gasteiger partial charge in [-0.05, 0) is 114 Å². The van der Waals surface area contributed by atoms with Gasteiger partial charge in [-0.3, -0.25) is 0 Å². The van der Waals surface area contributed by atoms with Crippen LogP contribution in [0.3, 0.4) is 0 Å². The fourth-order valence-corrected chi connectivity index (χ4v) is 11.3. The van der Waals surface area contributed by atoms with Gasteiger partial charge in [0.25, 0.3) is 0 Å². The molecule has 0 aliphatic rings. The van der Waals surface area contributed by atoms with E-state index in [2.05, 4.69) is 24.3 Å². The van der Waals surface area contributed by atoms with E-state index in [1.165, 1.54) is 36.4 Å². The number of nitrogens with zero attached hydrogens (tertiary/aromatic N) is 11. The van der Waals surface area contributed by atoms with E-state index >= 15 is 13.2 Å². The summed E-state index contributed by atoms with van der Waals surface area (Å²) in [5.74, 6) is 0.906. The Labute approximate surface area is 477 Å². The van der Waals surface area contributed by atoms with Crippen molar-refractivity contribution in [2.75, 3.05) is 0 Å². The lowest BCUT2D eigenvalue weighted by atomic mass is 9.92. The minimum Gasteiger partial charge on any atom is -0.309 e. The molecule has 390 valence electrons. The van der Waals surface area contributed by atoms with Gasteiger partial charge >= 0.3 is 6.18 Å². The van der Waals surface area contributed by atoms with Crippen LogP contribution in [0.25, 0.3) is 123 Å². The lowest BCUT2D eigenvalue weighted by molar-refractivity contribution is -0.137. The van der Waals surface area contributed by atoms with Crippen LogP contribution in [0.15, 0.2) is 206 Å². The summed E-state index contributed by atoms with van der Waals surface area (Å²) < 4.78 is 52.3. The van der Waals surface area contributed by atoms with Crippen LogP contribution in [-0.4, -0.2) is 24.1 Å². The van der Waals surface area contributed by atoms with Crippen LogP contribution >= 0.6 is 0 Å². The third kappa shape index (κ3) is 8.54. The molecule has 0 aliphatic heterocycles. The third-order valence-corrected chi connectivity index (χ3v) is 15.0. The molecular formula is C70H34F3N11. The van der Waals surface area contributed by atoms with Crippen LogP contribution in [0, 0.1) is 68.0 Å². The highest BCUT2D eigenvalue weighted by Crippen LogP contribution is 2.46. The molecule has 11 nitrogen and oxygen atoms in total. The molecule has 0 bridgehead atoms. The molecule has 0 unspecified atom stereocenters. The van der Waals surface area contributed by atoms with Crippen LogP contribution in [0.5, 0.6) is 0 Å². The average molecular weight is 1090 g/mol. The molecule has 10 aromatic carbocycles. The van der Waals surface area contributed by atoms with E-state index in [1.54, 1.807) is 30.3 Å². The first-order valence-electron chi connectivity index (χ1n) is 26.1. The highest BCUT2D eigenvalue weighted by molar-refractivity contribution is 6.12. The zero-order chi connectivity index (χ0) is 57.8. The Morgan fingerprint density at radius 3 is 1.21 bits per heavy atom. The van der Waals surface area contributed by atoms with Crippen molar-refractivity contribution in [1.82, 2.24) is 24.1 Å². The van der Waals surface area contributed by atoms with Crippen molar-refractivity contribution in [3.63, 3.8) is 0 Å². The van der Waals surface area contributed by atoms with Crippen LogP contribution in [0.1, 0.15) is 38.9 Å². The number of hydrogen-bond acceptors (Lipinski definition) is 9. The second-order valence-electron chi connectivity index (χ2n) is 19.7. The molecule has 13 rings (SSSR count). The van der Waals surface area contributed by atoms with Crippen molar-refractivity contribution >= 4 is 43.6 Å². The first-order valence-corrected chi connectivity index (χ1v) is 26.1. The molecule has 84 heavy (non-hydrogen) atoms. The monoisotopic (exact) mass is 1090 g/mol. The molecular weight excluding hydrogens is 1050 g/mol. The molecule has 0 spiro atoms. The van der Waals surface area contributed by atoms with E-state index in [4.69, 9.17) is 15.0 Å². The number of nitriles is 6. The standard InChI is InChI=1S/C70H34F3N11/c71-70(72,73)59-23-22-52(83-60-17-9-7-15-53(60)56-31-45(19-24-62(56)83)65-48(37-76)27-41(35-74)28-49(65)38-77)34-55(59)58-33-47(69-81-67(43-11-3-1-4-12-43)80-68(82-69)44-13-5-2-6-14-44)21-26-64(58)84-61-18-10-8-16-54(61)57-32-46(20-25-63(57)84)66-50(39-78)29-42(36-75)30-51(66)40-79/h1-34H. The number of alkyl halides is 3. The number of para-hydroxylation sites is 2. The SMILES string of the molecule is N#Cc1cc(C#N)c(-c2ccc3c(c2)c2ccccc2n3-c2ccc(C(F)(F)F)c(-c3cc(-c4nc(-c5ccccc5)nc(-c5ccccc5)n4)ccc3-n3c4ccccc4c4cc(-c5c(C#N)cc(C#N)cc5C#N)ccc43)c2)c(C#N)c1. The molecule has 3 aromatic heterocycles. The van der Waals surface area contributed by atoms with Crippen LogP contribution in [0.2, 0.25) is 0 Å². The Morgan fingerprint density at radius 1 is 0.333 bits per heavy atom. The lowest BCUT2D eigenvalue weighted by Crippen LogP contribution is -2.10. The van der Waals surface area contributed by atoms with Gasteiger partial charge in [-0.1, -0.05) is 109 Å². The zero-order valence-electron chi connectivity index (χ0n) is 43.7. The molecule has 0 saturated carbocycles. The maximum absolute atomic E-state index is 16.2. The molecule has 0 N–H and O–H groups in total. The van der Waals surface area contributed by atoms with Crippen molar-refractivity contribution in [3.8, 4) is 115 Å². The maximum atomic E-state index is 16.2. The van der Waals surface area contributed by atoms with Gasteiger partial charge in [-0.2, -0.15) is 44.7 Å². The minimum absolute atomic E-state index is 0.131. The Morgan fingerprint density at radius 2 is 0.750 bits per heavy atom. The van der Waals surface area contributed by atoms with E-state index in [-0.39, 0.29) is 50.3 Å². The van der Waals surface area contributed by atoms with Gasteiger partial charge in [0.05, 0.1) is 103 Å². The van der Waals surface area contributed by atoms with E-state index in [0.29, 0.717) is 94.8 Å². The number of aromatic nitrogens is 5. The molecule has 0 fully saturated rings. The van der Waals surface area contributed by atoms with Crippen molar-refractivity contribution in [2.24, 2.45) is 0 Å². The average Bonchev–Trinajstić information content (AvgIpc) is 2.14. The van der Waals surface area contributed by atoms with E-state index < -0.39 is 11.7 Å². The summed E-state index contributed by atoms with van der Waals surface area (Å²) in [5.41, 5.74) is 6.73. The fourth-order valence-electron chi connectivity index (χ4n) is 11.3. The number of hydrogen-bond donors (Lipinski definition) is 0. The molecule has 0 amide bonds. The summed E-state index contributed by atoms with van der Waals surface area (Å²) in [6.07, 6.45) is -4.89. The van der Waals surface area contributed by atoms with Gasteiger partial charge in [0.1, 0.15) is 0 Å². The predicted octanol–water partition coefficient (Wildman–Crippen LogP) is 16.3. The van der Waals surface area contributed by atoms with Crippen LogP contribution in [0.4, 0.5) is 13.2 Å². The molecule has 0 atom stereocenters. The number of halogens is 3. The number of rotatable bonds is 8. The summed E-state index contributed by atoms with van der Waals surface area (Å²) in [4.78, 5) is 14.9. The summed E-state index contributed by atoms with van der Waals surface area (Å²) in [6.45, 7) is 0. The Hall–Kier alpha value is -12.5.